The Morgan fingerprint density at radius 2 is 1.45 bits per heavy atom. The largest absolute Gasteiger partial charge is 0.317 e. The van der Waals surface area contributed by atoms with Crippen molar-refractivity contribution in [3.8, 4) is 0 Å². The highest BCUT2D eigenvalue weighted by Gasteiger charge is 2.25. The van der Waals surface area contributed by atoms with Crippen LogP contribution in [0, 0.1) is 5.92 Å². The van der Waals surface area contributed by atoms with Crippen molar-refractivity contribution in [1.29, 1.82) is 0 Å². The Balaban J connectivity index is 1.99. The second kappa shape index (κ2) is 12.6. The van der Waals surface area contributed by atoms with Crippen LogP contribution in [-0.2, 0) is 0 Å². The Morgan fingerprint density at radius 3 is 2.15 bits per heavy atom. The van der Waals surface area contributed by atoms with Crippen molar-refractivity contribution in [2.24, 2.45) is 5.92 Å². The Kier molecular flexibility index (Phi) is 11.2. The van der Waals surface area contributed by atoms with Crippen molar-refractivity contribution < 1.29 is 0 Å². The van der Waals surface area contributed by atoms with Crippen LogP contribution in [0.15, 0.2) is 0 Å². The van der Waals surface area contributed by atoms with E-state index in [4.69, 9.17) is 0 Å². The van der Waals surface area contributed by atoms with Crippen LogP contribution in [0.2, 0.25) is 0 Å². The molecule has 0 amide bonds. The number of rotatable bonds is 13. The third kappa shape index (κ3) is 8.20. The van der Waals surface area contributed by atoms with Crippen molar-refractivity contribution in [2.45, 2.75) is 52.0 Å². The molecule has 1 saturated carbocycles. The van der Waals surface area contributed by atoms with Crippen molar-refractivity contribution in [3.63, 3.8) is 0 Å². The molecule has 0 heterocycles. The molecule has 0 aliphatic heterocycles. The Bertz CT molecular complexity index is 211. The molecule has 2 unspecified atom stereocenters. The van der Waals surface area contributed by atoms with Gasteiger partial charge in [-0.25, -0.2) is 0 Å². The van der Waals surface area contributed by atoms with Crippen LogP contribution in [0.5, 0.6) is 0 Å². The Hall–Kier alpha value is -0.160. The fraction of sp³-hybridized carbons (Fsp3) is 1.00. The smallest absolute Gasteiger partial charge is 0.0107 e. The van der Waals surface area contributed by atoms with E-state index in [0.717, 1.165) is 51.2 Å². The molecule has 0 aromatic rings. The third-order valence-electron chi connectivity index (χ3n) is 4.21. The molecule has 2 atom stereocenters. The maximum atomic E-state index is 3.76. The Labute approximate surface area is 125 Å². The van der Waals surface area contributed by atoms with E-state index in [2.05, 4.69) is 35.1 Å². The van der Waals surface area contributed by atoms with Gasteiger partial charge >= 0.3 is 0 Å². The molecular formula is C16H36N4. The van der Waals surface area contributed by atoms with Crippen molar-refractivity contribution >= 4 is 0 Å². The van der Waals surface area contributed by atoms with Gasteiger partial charge in [0.05, 0.1) is 0 Å². The molecule has 1 rings (SSSR count). The molecule has 1 aliphatic rings. The minimum absolute atomic E-state index is 0.748. The second-order valence-corrected chi connectivity index (χ2v) is 5.87. The van der Waals surface area contributed by atoms with E-state index in [9.17, 15) is 0 Å². The lowest BCUT2D eigenvalue weighted by atomic mass is 10.0. The fourth-order valence-electron chi connectivity index (χ4n) is 3.03. The SMILES string of the molecule is CCNCCCNCC1CCCC1NCCCNCC. The van der Waals surface area contributed by atoms with E-state index in [-0.39, 0.29) is 0 Å². The van der Waals surface area contributed by atoms with Gasteiger partial charge in [-0.05, 0) is 77.4 Å². The van der Waals surface area contributed by atoms with E-state index in [0.29, 0.717) is 0 Å². The van der Waals surface area contributed by atoms with E-state index >= 15 is 0 Å². The van der Waals surface area contributed by atoms with E-state index in [1.165, 1.54) is 38.6 Å². The molecule has 0 saturated heterocycles. The minimum atomic E-state index is 0.748. The van der Waals surface area contributed by atoms with Crippen molar-refractivity contribution in [1.82, 2.24) is 21.3 Å². The van der Waals surface area contributed by atoms with Gasteiger partial charge in [0.2, 0.25) is 0 Å². The summed E-state index contributed by atoms with van der Waals surface area (Å²) in [6.07, 6.45) is 6.64. The van der Waals surface area contributed by atoms with Gasteiger partial charge in [-0.15, -0.1) is 0 Å². The zero-order valence-electron chi connectivity index (χ0n) is 13.6. The van der Waals surface area contributed by atoms with Gasteiger partial charge in [-0.3, -0.25) is 0 Å². The van der Waals surface area contributed by atoms with Crippen LogP contribution in [-0.4, -0.2) is 51.9 Å². The quantitative estimate of drug-likeness (QED) is 0.386. The highest BCUT2D eigenvalue weighted by atomic mass is 15.0. The van der Waals surface area contributed by atoms with Gasteiger partial charge in [0.25, 0.3) is 0 Å². The molecule has 4 N–H and O–H groups in total. The van der Waals surface area contributed by atoms with Gasteiger partial charge in [0.15, 0.2) is 0 Å². The maximum Gasteiger partial charge on any atom is 0.0107 e. The summed E-state index contributed by atoms with van der Waals surface area (Å²) in [5.41, 5.74) is 0. The van der Waals surface area contributed by atoms with Gasteiger partial charge in [0, 0.05) is 6.04 Å². The lowest BCUT2D eigenvalue weighted by Crippen LogP contribution is -2.39. The van der Waals surface area contributed by atoms with Gasteiger partial charge in [-0.1, -0.05) is 20.3 Å². The zero-order chi connectivity index (χ0) is 14.5. The topological polar surface area (TPSA) is 48.1 Å². The first-order valence-corrected chi connectivity index (χ1v) is 8.74. The molecule has 0 spiro atoms. The summed E-state index contributed by atoms with van der Waals surface area (Å²) < 4.78 is 0. The lowest BCUT2D eigenvalue weighted by Gasteiger charge is -2.21. The molecule has 1 aliphatic carbocycles. The molecule has 0 radical (unpaired) electrons. The average molecular weight is 284 g/mol. The summed E-state index contributed by atoms with van der Waals surface area (Å²) >= 11 is 0. The first-order valence-electron chi connectivity index (χ1n) is 8.74. The average Bonchev–Trinajstić information content (AvgIpc) is 2.90. The van der Waals surface area contributed by atoms with Crippen LogP contribution in [0.4, 0.5) is 0 Å². The van der Waals surface area contributed by atoms with E-state index in [1.807, 2.05) is 0 Å². The van der Waals surface area contributed by atoms with Crippen LogP contribution in [0.25, 0.3) is 0 Å². The molecule has 4 heteroatoms. The lowest BCUT2D eigenvalue weighted by molar-refractivity contribution is 0.377. The predicted molar refractivity (Wildman–Crippen MR) is 88.3 cm³/mol. The van der Waals surface area contributed by atoms with Gasteiger partial charge < -0.3 is 21.3 Å². The molecule has 1 fully saturated rings. The highest BCUT2D eigenvalue weighted by Crippen LogP contribution is 2.24. The van der Waals surface area contributed by atoms with Crippen molar-refractivity contribution in [2.75, 3.05) is 45.8 Å². The monoisotopic (exact) mass is 284 g/mol. The summed E-state index contributed by atoms with van der Waals surface area (Å²) in [5.74, 6) is 0.841. The predicted octanol–water partition coefficient (Wildman–Crippen LogP) is 1.33. The number of hydrogen-bond donors (Lipinski definition) is 4. The number of hydrogen-bond acceptors (Lipinski definition) is 4. The molecule has 0 aromatic carbocycles. The van der Waals surface area contributed by atoms with E-state index in [1.54, 1.807) is 0 Å². The van der Waals surface area contributed by atoms with Crippen molar-refractivity contribution in [3.05, 3.63) is 0 Å². The summed E-state index contributed by atoms with van der Waals surface area (Å²) in [7, 11) is 0. The third-order valence-corrected chi connectivity index (χ3v) is 4.21. The fourth-order valence-corrected chi connectivity index (χ4v) is 3.03. The second-order valence-electron chi connectivity index (χ2n) is 5.87. The van der Waals surface area contributed by atoms with E-state index < -0.39 is 0 Å². The van der Waals surface area contributed by atoms with Crippen LogP contribution in [0.3, 0.4) is 0 Å². The maximum absolute atomic E-state index is 3.76. The standard InChI is InChI=1S/C16H36N4/c1-3-17-10-6-12-19-14-15-8-5-9-16(15)20-13-7-11-18-4-2/h15-20H,3-14H2,1-2H3. The molecule has 0 aromatic heterocycles. The summed E-state index contributed by atoms with van der Waals surface area (Å²) in [5, 5.41) is 14.2. The van der Waals surface area contributed by atoms with Gasteiger partial charge in [-0.2, -0.15) is 0 Å². The summed E-state index contributed by atoms with van der Waals surface area (Å²) in [6, 6.07) is 0.748. The van der Waals surface area contributed by atoms with Gasteiger partial charge in [0.1, 0.15) is 0 Å². The molecular weight excluding hydrogens is 248 g/mol. The molecule has 4 nitrogen and oxygen atoms in total. The van der Waals surface area contributed by atoms with Crippen LogP contribution < -0.4 is 21.3 Å². The first-order chi connectivity index (χ1) is 9.88. The first kappa shape index (κ1) is 17.9. The molecule has 120 valence electrons. The Morgan fingerprint density at radius 1 is 0.800 bits per heavy atom. The number of nitrogens with one attached hydrogen (secondary N) is 4. The normalized spacial score (nSPS) is 22.5. The summed E-state index contributed by atoms with van der Waals surface area (Å²) in [6.45, 7) is 12.3. The summed E-state index contributed by atoms with van der Waals surface area (Å²) in [4.78, 5) is 0. The molecule has 0 bridgehead atoms. The minimum Gasteiger partial charge on any atom is -0.317 e. The highest BCUT2D eigenvalue weighted by molar-refractivity contribution is 4.84. The van der Waals surface area contributed by atoms with Crippen LogP contribution >= 0.6 is 0 Å². The zero-order valence-corrected chi connectivity index (χ0v) is 13.6. The molecule has 20 heavy (non-hydrogen) atoms. The van der Waals surface area contributed by atoms with Crippen LogP contribution in [0.1, 0.15) is 46.0 Å².